The zero-order valence-electron chi connectivity index (χ0n) is 15.8. The normalized spacial score (nSPS) is 20.7. The van der Waals surface area contributed by atoms with Crippen LogP contribution in [0.25, 0.3) is 11.0 Å². The lowest BCUT2D eigenvalue weighted by Crippen LogP contribution is -2.56. The Labute approximate surface area is 167 Å². The Balaban J connectivity index is 1.34. The van der Waals surface area contributed by atoms with Crippen molar-refractivity contribution in [1.82, 2.24) is 19.9 Å². The van der Waals surface area contributed by atoms with Crippen molar-refractivity contribution in [2.24, 2.45) is 0 Å². The van der Waals surface area contributed by atoms with Gasteiger partial charge in [0.2, 0.25) is 0 Å². The fraction of sp³-hybridized carbons (Fsp3) is 0.333. The third-order valence-electron chi connectivity index (χ3n) is 5.75. The molecule has 4 heterocycles. The van der Waals surface area contributed by atoms with Crippen molar-refractivity contribution in [3.63, 3.8) is 0 Å². The first-order chi connectivity index (χ1) is 14.2. The molecule has 0 aliphatic carbocycles. The van der Waals surface area contributed by atoms with Gasteiger partial charge in [-0.3, -0.25) is 4.79 Å². The summed E-state index contributed by atoms with van der Waals surface area (Å²) in [6.07, 6.45) is 5.46. The first-order valence-corrected chi connectivity index (χ1v) is 9.70. The summed E-state index contributed by atoms with van der Waals surface area (Å²) in [5.74, 6) is 1.58. The lowest BCUT2D eigenvalue weighted by Gasteiger charge is -2.41. The van der Waals surface area contributed by atoms with Crippen LogP contribution in [0.5, 0.6) is 5.75 Å². The Morgan fingerprint density at radius 1 is 1.17 bits per heavy atom. The molecule has 2 aliphatic heterocycles. The first kappa shape index (κ1) is 17.5. The molecule has 146 valence electrons. The molecule has 5 rings (SSSR count). The molecule has 0 spiro atoms. The molecular formula is C21H20N6O2. The summed E-state index contributed by atoms with van der Waals surface area (Å²) in [5, 5.41) is 9.62. The molecule has 2 saturated heterocycles. The summed E-state index contributed by atoms with van der Waals surface area (Å²) in [5.41, 5.74) is 1.48. The SMILES string of the molecule is N#CCOc1ccc(C(=O)N2C3CCC2CN(c2ncnc4[nH]ccc24)C3)cc1. The van der Waals surface area contributed by atoms with E-state index in [9.17, 15) is 4.79 Å². The van der Waals surface area contributed by atoms with Crippen molar-refractivity contribution < 1.29 is 9.53 Å². The van der Waals surface area contributed by atoms with Crippen molar-refractivity contribution in [1.29, 1.82) is 5.26 Å². The molecule has 29 heavy (non-hydrogen) atoms. The predicted octanol–water partition coefficient (Wildman–Crippen LogP) is 2.35. The van der Waals surface area contributed by atoms with Crippen LogP contribution in [0.3, 0.4) is 0 Å². The number of amides is 1. The molecule has 1 amide bonds. The van der Waals surface area contributed by atoms with Gasteiger partial charge in [-0.25, -0.2) is 9.97 Å². The third-order valence-corrected chi connectivity index (χ3v) is 5.75. The number of nitrogens with one attached hydrogen (secondary N) is 1. The third kappa shape index (κ3) is 3.05. The highest BCUT2D eigenvalue weighted by Crippen LogP contribution is 2.35. The number of anilines is 1. The van der Waals surface area contributed by atoms with Crippen molar-refractivity contribution in [3.05, 3.63) is 48.4 Å². The van der Waals surface area contributed by atoms with E-state index in [-0.39, 0.29) is 24.6 Å². The van der Waals surface area contributed by atoms with Gasteiger partial charge in [-0.1, -0.05) is 0 Å². The van der Waals surface area contributed by atoms with Crippen LogP contribution in [0.15, 0.2) is 42.9 Å². The number of aromatic amines is 1. The summed E-state index contributed by atoms with van der Waals surface area (Å²) in [6, 6.07) is 11.3. The van der Waals surface area contributed by atoms with Gasteiger partial charge >= 0.3 is 0 Å². The minimum Gasteiger partial charge on any atom is -0.479 e. The van der Waals surface area contributed by atoms with Crippen LogP contribution in [0.1, 0.15) is 23.2 Å². The molecule has 2 aromatic heterocycles. The number of benzene rings is 1. The zero-order chi connectivity index (χ0) is 19.8. The monoisotopic (exact) mass is 388 g/mol. The molecule has 2 fully saturated rings. The fourth-order valence-corrected chi connectivity index (χ4v) is 4.48. The number of hydrogen-bond acceptors (Lipinski definition) is 6. The number of ether oxygens (including phenoxy) is 1. The van der Waals surface area contributed by atoms with Crippen molar-refractivity contribution in [2.45, 2.75) is 24.9 Å². The Morgan fingerprint density at radius 2 is 1.93 bits per heavy atom. The Bertz CT molecular complexity index is 1070. The maximum absolute atomic E-state index is 13.2. The van der Waals surface area contributed by atoms with E-state index in [0.29, 0.717) is 11.3 Å². The molecule has 8 heteroatoms. The van der Waals surface area contributed by atoms with E-state index in [1.165, 1.54) is 0 Å². The fourth-order valence-electron chi connectivity index (χ4n) is 4.48. The number of aromatic nitrogens is 3. The molecule has 2 atom stereocenters. The van der Waals surface area contributed by atoms with Gasteiger partial charge in [-0.15, -0.1) is 0 Å². The highest BCUT2D eigenvalue weighted by Gasteiger charge is 2.43. The van der Waals surface area contributed by atoms with E-state index in [4.69, 9.17) is 10.00 Å². The van der Waals surface area contributed by atoms with E-state index < -0.39 is 0 Å². The Hall–Kier alpha value is -3.60. The molecular weight excluding hydrogens is 368 g/mol. The number of hydrogen-bond donors (Lipinski definition) is 1. The van der Waals surface area contributed by atoms with Gasteiger partial charge in [0, 0.05) is 24.8 Å². The van der Waals surface area contributed by atoms with E-state index in [2.05, 4.69) is 19.9 Å². The van der Waals surface area contributed by atoms with Crippen LogP contribution in [0.2, 0.25) is 0 Å². The zero-order valence-corrected chi connectivity index (χ0v) is 15.8. The molecule has 0 saturated carbocycles. The molecule has 8 nitrogen and oxygen atoms in total. The molecule has 2 unspecified atom stereocenters. The lowest BCUT2D eigenvalue weighted by molar-refractivity contribution is 0.0641. The topological polar surface area (TPSA) is 98.1 Å². The summed E-state index contributed by atoms with van der Waals surface area (Å²) >= 11 is 0. The van der Waals surface area contributed by atoms with Crippen LogP contribution in [0.4, 0.5) is 5.82 Å². The maximum atomic E-state index is 13.2. The van der Waals surface area contributed by atoms with Crippen LogP contribution in [-0.4, -0.2) is 57.5 Å². The van der Waals surface area contributed by atoms with Gasteiger partial charge in [-0.2, -0.15) is 5.26 Å². The molecule has 3 aromatic rings. The van der Waals surface area contributed by atoms with Gasteiger partial charge in [0.15, 0.2) is 6.61 Å². The smallest absolute Gasteiger partial charge is 0.254 e. The van der Waals surface area contributed by atoms with Crippen LogP contribution in [0, 0.1) is 11.3 Å². The number of rotatable bonds is 4. The van der Waals surface area contributed by atoms with Crippen LogP contribution < -0.4 is 9.64 Å². The second-order valence-corrected chi connectivity index (χ2v) is 7.41. The largest absolute Gasteiger partial charge is 0.479 e. The summed E-state index contributed by atoms with van der Waals surface area (Å²) < 4.78 is 5.27. The minimum absolute atomic E-state index is 0.00312. The van der Waals surface area contributed by atoms with Crippen LogP contribution >= 0.6 is 0 Å². The van der Waals surface area contributed by atoms with Crippen molar-refractivity contribution in [3.8, 4) is 11.8 Å². The average molecular weight is 388 g/mol. The highest BCUT2D eigenvalue weighted by atomic mass is 16.5. The molecule has 0 radical (unpaired) electrons. The number of H-pyrrole nitrogens is 1. The number of nitrogens with zero attached hydrogens (tertiary/aromatic N) is 5. The average Bonchev–Trinajstić information content (AvgIpc) is 3.34. The summed E-state index contributed by atoms with van der Waals surface area (Å²) in [7, 11) is 0. The predicted molar refractivity (Wildman–Crippen MR) is 107 cm³/mol. The second-order valence-electron chi connectivity index (χ2n) is 7.41. The number of carbonyl (C=O) groups excluding carboxylic acids is 1. The van der Waals surface area contributed by atoms with Gasteiger partial charge < -0.3 is 19.5 Å². The summed E-state index contributed by atoms with van der Waals surface area (Å²) in [4.78, 5) is 29.4. The molecule has 1 N–H and O–H groups in total. The van der Waals surface area contributed by atoms with Crippen molar-refractivity contribution >= 4 is 22.8 Å². The minimum atomic E-state index is -0.00312. The highest BCUT2D eigenvalue weighted by molar-refractivity contribution is 5.95. The molecule has 2 bridgehead atoms. The van der Waals surface area contributed by atoms with Gasteiger partial charge in [-0.05, 0) is 43.2 Å². The van der Waals surface area contributed by atoms with Gasteiger partial charge in [0.25, 0.3) is 5.91 Å². The molecule has 1 aromatic carbocycles. The second kappa shape index (κ2) is 7.09. The first-order valence-electron chi connectivity index (χ1n) is 9.70. The van der Waals surface area contributed by atoms with E-state index >= 15 is 0 Å². The Morgan fingerprint density at radius 3 is 2.66 bits per heavy atom. The standard InChI is InChI=1S/C21H20N6O2/c22-8-10-29-17-5-1-14(2-6-17)21(28)27-15-3-4-16(27)12-26(11-15)20-18-7-9-23-19(18)24-13-25-20/h1-2,5-7,9,13,15-16H,3-4,10-12H2,(H,23,24,25). The van der Waals surface area contributed by atoms with Crippen LogP contribution in [-0.2, 0) is 0 Å². The van der Waals surface area contributed by atoms with Gasteiger partial charge in [0.05, 0.1) is 17.5 Å². The quantitative estimate of drug-likeness (QED) is 0.737. The Kier molecular flexibility index (Phi) is 4.28. The maximum Gasteiger partial charge on any atom is 0.254 e. The van der Waals surface area contributed by atoms with Crippen molar-refractivity contribution in [2.75, 3.05) is 24.6 Å². The summed E-state index contributed by atoms with van der Waals surface area (Å²) in [6.45, 7) is 1.53. The van der Waals surface area contributed by atoms with Gasteiger partial charge in [0.1, 0.15) is 29.6 Å². The lowest BCUT2D eigenvalue weighted by atomic mass is 10.1. The number of nitriles is 1. The van der Waals surface area contributed by atoms with E-state index in [1.807, 2.05) is 23.2 Å². The number of fused-ring (bicyclic) bond motifs is 3. The number of carbonyl (C=O) groups is 1. The number of piperazine rings is 1. The van der Waals surface area contributed by atoms with E-state index in [0.717, 1.165) is 42.8 Å². The molecule has 2 aliphatic rings. The van der Waals surface area contributed by atoms with E-state index in [1.54, 1.807) is 30.6 Å².